The van der Waals surface area contributed by atoms with Gasteiger partial charge in [0.15, 0.2) is 0 Å². The van der Waals surface area contributed by atoms with Gasteiger partial charge in [0.05, 0.1) is 18.3 Å². The molecule has 0 bridgehead atoms. The van der Waals surface area contributed by atoms with Gasteiger partial charge in [0.25, 0.3) is 11.9 Å². The molecule has 0 aliphatic carbocycles. The van der Waals surface area contributed by atoms with Crippen molar-refractivity contribution in [2.24, 2.45) is 0 Å². The number of amides is 1. The zero-order valence-electron chi connectivity index (χ0n) is 18.9. The highest BCUT2D eigenvalue weighted by molar-refractivity contribution is 7.11. The summed E-state index contributed by atoms with van der Waals surface area (Å²) in [6.07, 6.45) is 4.25. The van der Waals surface area contributed by atoms with E-state index in [1.165, 1.54) is 4.90 Å². The number of carbonyl (C=O) groups excluding carboxylic acids is 1. The SMILES string of the molecule is CCCCc1ncc(C(=O)N(Cc2ccc(C)s2)c2nn[nH]n2)n1Cc1ccc(C(=O)O)cc1. The highest BCUT2D eigenvalue weighted by atomic mass is 32.1. The maximum absolute atomic E-state index is 13.8. The van der Waals surface area contributed by atoms with Crippen LogP contribution in [-0.2, 0) is 19.5 Å². The number of aromatic nitrogens is 6. The van der Waals surface area contributed by atoms with E-state index < -0.39 is 5.97 Å². The minimum Gasteiger partial charge on any atom is -0.478 e. The second-order valence-corrected chi connectivity index (χ2v) is 9.24. The van der Waals surface area contributed by atoms with Gasteiger partial charge in [0.1, 0.15) is 11.5 Å². The molecule has 0 atom stereocenters. The summed E-state index contributed by atoms with van der Waals surface area (Å²) in [5, 5.41) is 23.3. The number of carbonyl (C=O) groups is 2. The monoisotopic (exact) mass is 479 g/mol. The van der Waals surface area contributed by atoms with E-state index in [4.69, 9.17) is 0 Å². The van der Waals surface area contributed by atoms with Gasteiger partial charge in [-0.25, -0.2) is 9.78 Å². The highest BCUT2D eigenvalue weighted by Crippen LogP contribution is 2.22. The molecule has 1 amide bonds. The molecule has 3 aromatic heterocycles. The first-order chi connectivity index (χ1) is 16.5. The first-order valence-electron chi connectivity index (χ1n) is 10.9. The summed E-state index contributed by atoms with van der Waals surface area (Å²) in [5.74, 6) is -0.282. The van der Waals surface area contributed by atoms with Gasteiger partial charge in [-0.1, -0.05) is 30.6 Å². The molecule has 4 aromatic rings. The Morgan fingerprint density at radius 2 is 1.97 bits per heavy atom. The van der Waals surface area contributed by atoms with Gasteiger partial charge in [-0.3, -0.25) is 9.69 Å². The summed E-state index contributed by atoms with van der Waals surface area (Å²) in [5.41, 5.74) is 1.49. The molecule has 176 valence electrons. The van der Waals surface area contributed by atoms with Gasteiger partial charge >= 0.3 is 5.97 Å². The number of anilines is 1. The number of thiophene rings is 1. The van der Waals surface area contributed by atoms with Crippen LogP contribution in [0.4, 0.5) is 5.95 Å². The fourth-order valence-corrected chi connectivity index (χ4v) is 4.48. The predicted molar refractivity (Wildman–Crippen MR) is 127 cm³/mol. The van der Waals surface area contributed by atoms with Crippen molar-refractivity contribution >= 4 is 29.2 Å². The molecule has 11 heteroatoms. The molecule has 34 heavy (non-hydrogen) atoms. The van der Waals surface area contributed by atoms with Crippen molar-refractivity contribution in [1.29, 1.82) is 0 Å². The van der Waals surface area contributed by atoms with E-state index in [1.54, 1.807) is 41.8 Å². The Morgan fingerprint density at radius 1 is 1.18 bits per heavy atom. The van der Waals surface area contributed by atoms with E-state index in [2.05, 4.69) is 32.5 Å². The number of hydrogen-bond donors (Lipinski definition) is 2. The van der Waals surface area contributed by atoms with Crippen LogP contribution in [0.3, 0.4) is 0 Å². The van der Waals surface area contributed by atoms with E-state index in [0.29, 0.717) is 18.8 Å². The number of carboxylic acids is 1. The lowest BCUT2D eigenvalue weighted by atomic mass is 10.1. The topological polar surface area (TPSA) is 130 Å². The molecular formula is C23H25N7O3S. The van der Waals surface area contributed by atoms with Crippen LogP contribution in [0.15, 0.2) is 42.6 Å². The number of aryl methyl sites for hydroxylation is 2. The Balaban J connectivity index is 1.68. The molecule has 0 unspecified atom stereocenters. The summed E-state index contributed by atoms with van der Waals surface area (Å²) in [7, 11) is 0. The fourth-order valence-electron chi connectivity index (χ4n) is 3.60. The zero-order chi connectivity index (χ0) is 24.1. The molecule has 2 N–H and O–H groups in total. The predicted octanol–water partition coefficient (Wildman–Crippen LogP) is 3.70. The van der Waals surface area contributed by atoms with Crippen molar-refractivity contribution < 1.29 is 14.7 Å². The first-order valence-corrected chi connectivity index (χ1v) is 11.7. The van der Waals surface area contributed by atoms with Crippen molar-refractivity contribution in [3.8, 4) is 0 Å². The van der Waals surface area contributed by atoms with E-state index in [0.717, 1.165) is 40.4 Å². The molecule has 0 fully saturated rings. The van der Waals surface area contributed by atoms with Crippen molar-refractivity contribution in [3.63, 3.8) is 0 Å². The lowest BCUT2D eigenvalue weighted by molar-refractivity contribution is 0.0696. The fraction of sp³-hybridized carbons (Fsp3) is 0.304. The Morgan fingerprint density at radius 3 is 2.59 bits per heavy atom. The summed E-state index contributed by atoms with van der Waals surface area (Å²) >= 11 is 1.60. The summed E-state index contributed by atoms with van der Waals surface area (Å²) < 4.78 is 1.89. The van der Waals surface area contributed by atoms with Crippen LogP contribution < -0.4 is 4.90 Å². The third kappa shape index (κ3) is 5.20. The van der Waals surface area contributed by atoms with Gasteiger partial charge in [0.2, 0.25) is 0 Å². The van der Waals surface area contributed by atoms with Crippen molar-refractivity contribution in [1.82, 2.24) is 30.2 Å². The number of nitrogens with zero attached hydrogens (tertiary/aromatic N) is 6. The molecule has 0 aliphatic rings. The van der Waals surface area contributed by atoms with E-state index >= 15 is 0 Å². The number of imidazole rings is 1. The number of unbranched alkanes of at least 4 members (excludes halogenated alkanes) is 1. The number of tetrazole rings is 1. The van der Waals surface area contributed by atoms with Crippen LogP contribution in [0.2, 0.25) is 0 Å². The van der Waals surface area contributed by atoms with Gasteiger partial charge in [-0.15, -0.1) is 16.4 Å². The number of nitrogens with one attached hydrogen (secondary N) is 1. The largest absolute Gasteiger partial charge is 0.478 e. The summed E-state index contributed by atoms with van der Waals surface area (Å²) in [6, 6.07) is 10.6. The molecule has 4 rings (SSSR count). The molecule has 3 heterocycles. The first kappa shape index (κ1) is 23.3. The maximum Gasteiger partial charge on any atom is 0.335 e. The normalized spacial score (nSPS) is 11.0. The highest BCUT2D eigenvalue weighted by Gasteiger charge is 2.26. The third-order valence-electron chi connectivity index (χ3n) is 5.38. The Bertz CT molecular complexity index is 1260. The van der Waals surface area contributed by atoms with Gasteiger partial charge in [-0.2, -0.15) is 5.21 Å². The van der Waals surface area contributed by atoms with Crippen molar-refractivity contribution in [2.75, 3.05) is 4.90 Å². The quantitative estimate of drug-likeness (QED) is 0.355. The number of benzene rings is 1. The van der Waals surface area contributed by atoms with Gasteiger partial charge in [-0.05, 0) is 48.4 Å². The molecule has 0 aliphatic heterocycles. The van der Waals surface area contributed by atoms with Crippen molar-refractivity contribution in [3.05, 3.63) is 75.0 Å². The maximum atomic E-state index is 13.8. The number of aromatic carboxylic acids is 1. The molecule has 0 saturated carbocycles. The van der Waals surface area contributed by atoms with Crippen LogP contribution in [-0.4, -0.2) is 47.2 Å². The second-order valence-electron chi connectivity index (χ2n) is 7.87. The molecule has 0 radical (unpaired) electrons. The third-order valence-corrected chi connectivity index (χ3v) is 6.37. The van der Waals surface area contributed by atoms with E-state index in [-0.39, 0.29) is 17.4 Å². The van der Waals surface area contributed by atoms with Crippen molar-refractivity contribution in [2.45, 2.75) is 46.2 Å². The number of H-pyrrole nitrogens is 1. The smallest absolute Gasteiger partial charge is 0.335 e. The number of aromatic amines is 1. The number of rotatable bonds is 10. The van der Waals surface area contributed by atoms with Crippen LogP contribution in [0, 0.1) is 6.92 Å². The Kier molecular flexibility index (Phi) is 7.12. The lowest BCUT2D eigenvalue weighted by Crippen LogP contribution is -2.33. The standard InChI is InChI=1S/C23H25N7O3S/c1-3-4-5-20-24-12-19(29(20)13-16-7-9-17(10-8-16)22(32)33)21(31)30(23-25-27-28-26-23)14-18-11-6-15(2)34-18/h6-12H,3-5,13-14H2,1-2H3,(H,32,33)(H,25,26,27,28). The van der Waals surface area contributed by atoms with Crippen LogP contribution in [0.1, 0.15) is 61.8 Å². The Hall–Kier alpha value is -3.86. The Labute approximate surface area is 200 Å². The van der Waals surface area contributed by atoms with Gasteiger partial charge in [0, 0.05) is 22.7 Å². The zero-order valence-corrected chi connectivity index (χ0v) is 19.7. The molecular weight excluding hydrogens is 454 g/mol. The average Bonchev–Trinajstić information content (AvgIpc) is 3.58. The molecule has 10 nitrogen and oxygen atoms in total. The number of carboxylic acid groups (broad SMARTS) is 1. The van der Waals surface area contributed by atoms with Gasteiger partial charge < -0.3 is 9.67 Å². The van der Waals surface area contributed by atoms with E-state index in [1.807, 2.05) is 23.6 Å². The van der Waals surface area contributed by atoms with E-state index in [9.17, 15) is 14.7 Å². The minimum absolute atomic E-state index is 0.185. The van der Waals surface area contributed by atoms with Crippen LogP contribution >= 0.6 is 11.3 Å². The second kappa shape index (κ2) is 10.4. The lowest BCUT2D eigenvalue weighted by Gasteiger charge is -2.19. The molecule has 0 saturated heterocycles. The average molecular weight is 480 g/mol. The summed E-state index contributed by atoms with van der Waals surface area (Å²) in [6.45, 7) is 4.81. The van der Waals surface area contributed by atoms with Crippen LogP contribution in [0.25, 0.3) is 0 Å². The minimum atomic E-state index is -0.978. The molecule has 0 spiro atoms. The summed E-state index contributed by atoms with van der Waals surface area (Å²) in [4.78, 5) is 33.1. The number of hydrogen-bond acceptors (Lipinski definition) is 7. The molecule has 1 aromatic carbocycles. The van der Waals surface area contributed by atoms with Crippen LogP contribution in [0.5, 0.6) is 0 Å².